The molecule has 1 N–H and O–H groups in total. The molecule has 1 atom stereocenters. The Hall–Kier alpha value is -2.36. The first-order valence-corrected chi connectivity index (χ1v) is 6.08. The van der Waals surface area contributed by atoms with Gasteiger partial charge in [0, 0.05) is 12.1 Å². The fraction of sp³-hybridized carbons (Fsp3) is 0.200. The number of hydrogen-bond acceptors (Lipinski definition) is 3. The van der Waals surface area contributed by atoms with Crippen LogP contribution in [-0.2, 0) is 6.42 Å². The molecule has 2 aromatic carbocycles. The first kappa shape index (κ1) is 13.1. The third kappa shape index (κ3) is 3.31. The molecule has 2 rings (SSSR count). The third-order valence-electron chi connectivity index (χ3n) is 3.15. The van der Waals surface area contributed by atoms with Gasteiger partial charge in [-0.1, -0.05) is 31.2 Å². The number of nitrogens with zero attached hydrogens (tertiary/aromatic N) is 1. The lowest BCUT2D eigenvalue weighted by Gasteiger charge is -2.11. The van der Waals surface area contributed by atoms with E-state index in [9.17, 15) is 15.2 Å². The summed E-state index contributed by atoms with van der Waals surface area (Å²) < 4.78 is 0. The molecule has 4 heteroatoms. The second kappa shape index (κ2) is 5.52. The highest BCUT2D eigenvalue weighted by Gasteiger charge is 2.09. The minimum Gasteiger partial charge on any atom is -0.508 e. The van der Waals surface area contributed by atoms with Gasteiger partial charge in [-0.3, -0.25) is 10.1 Å². The summed E-state index contributed by atoms with van der Waals surface area (Å²) in [6, 6.07) is 13.8. The Labute approximate surface area is 111 Å². The normalized spacial score (nSPS) is 12.1. The fourth-order valence-corrected chi connectivity index (χ4v) is 2.03. The van der Waals surface area contributed by atoms with Gasteiger partial charge in [-0.05, 0) is 35.6 Å². The van der Waals surface area contributed by atoms with E-state index in [1.807, 2.05) is 12.1 Å². The van der Waals surface area contributed by atoms with Gasteiger partial charge < -0.3 is 5.11 Å². The van der Waals surface area contributed by atoms with Crippen LogP contribution in [0.15, 0.2) is 48.5 Å². The zero-order chi connectivity index (χ0) is 13.8. The lowest BCUT2D eigenvalue weighted by molar-refractivity contribution is -0.384. The molecule has 0 spiro atoms. The van der Waals surface area contributed by atoms with E-state index in [0.717, 1.165) is 17.5 Å². The summed E-state index contributed by atoms with van der Waals surface area (Å²) in [6.07, 6.45) is 0.831. The van der Waals surface area contributed by atoms with E-state index in [0.29, 0.717) is 0 Å². The van der Waals surface area contributed by atoms with Gasteiger partial charge in [-0.2, -0.15) is 0 Å². The molecular weight excluding hydrogens is 242 g/mol. The van der Waals surface area contributed by atoms with Crippen LogP contribution in [0.1, 0.15) is 24.0 Å². The minimum atomic E-state index is -0.394. The number of phenols is 1. The van der Waals surface area contributed by atoms with E-state index in [-0.39, 0.29) is 17.4 Å². The van der Waals surface area contributed by atoms with Gasteiger partial charge in [0.25, 0.3) is 5.69 Å². The van der Waals surface area contributed by atoms with Crippen molar-refractivity contribution in [1.29, 1.82) is 0 Å². The number of benzene rings is 2. The Balaban J connectivity index is 2.09. The molecule has 19 heavy (non-hydrogen) atoms. The average molecular weight is 257 g/mol. The van der Waals surface area contributed by atoms with Crippen LogP contribution in [0.2, 0.25) is 0 Å². The van der Waals surface area contributed by atoms with Crippen molar-refractivity contribution in [3.63, 3.8) is 0 Å². The van der Waals surface area contributed by atoms with E-state index < -0.39 is 4.92 Å². The van der Waals surface area contributed by atoms with Crippen molar-refractivity contribution in [3.8, 4) is 5.75 Å². The van der Waals surface area contributed by atoms with Gasteiger partial charge in [0.1, 0.15) is 5.75 Å². The first-order chi connectivity index (χ1) is 9.06. The van der Waals surface area contributed by atoms with Gasteiger partial charge in [0.2, 0.25) is 0 Å². The second-order valence-electron chi connectivity index (χ2n) is 4.62. The molecule has 0 saturated carbocycles. The second-order valence-corrected chi connectivity index (χ2v) is 4.62. The van der Waals surface area contributed by atoms with Gasteiger partial charge in [0.15, 0.2) is 0 Å². The van der Waals surface area contributed by atoms with Crippen LogP contribution in [0.4, 0.5) is 5.69 Å². The lowest BCUT2D eigenvalue weighted by Crippen LogP contribution is -1.98. The molecule has 0 aliphatic rings. The Morgan fingerprint density at radius 3 is 2.21 bits per heavy atom. The number of rotatable bonds is 4. The van der Waals surface area contributed by atoms with Crippen molar-refractivity contribution in [2.24, 2.45) is 0 Å². The van der Waals surface area contributed by atoms with E-state index in [1.165, 1.54) is 12.1 Å². The molecule has 1 unspecified atom stereocenters. The predicted octanol–water partition coefficient (Wildman–Crippen LogP) is 3.65. The van der Waals surface area contributed by atoms with Crippen LogP contribution < -0.4 is 0 Å². The van der Waals surface area contributed by atoms with Crippen molar-refractivity contribution in [2.45, 2.75) is 19.3 Å². The minimum absolute atomic E-state index is 0.112. The third-order valence-corrected chi connectivity index (χ3v) is 3.15. The number of aromatic hydroxyl groups is 1. The van der Waals surface area contributed by atoms with Crippen molar-refractivity contribution >= 4 is 5.69 Å². The molecule has 0 aliphatic carbocycles. The summed E-state index contributed by atoms with van der Waals surface area (Å²) in [5.41, 5.74) is 2.31. The van der Waals surface area contributed by atoms with Crippen molar-refractivity contribution in [2.75, 3.05) is 0 Å². The monoisotopic (exact) mass is 257 g/mol. The summed E-state index contributed by atoms with van der Waals surface area (Å²) in [4.78, 5) is 10.2. The molecule has 0 amide bonds. The maximum absolute atomic E-state index is 10.6. The van der Waals surface area contributed by atoms with Gasteiger partial charge in [0.05, 0.1) is 4.92 Å². The maximum atomic E-state index is 10.6. The van der Waals surface area contributed by atoms with E-state index in [1.54, 1.807) is 24.3 Å². The summed E-state index contributed by atoms with van der Waals surface area (Å²) in [7, 11) is 0. The summed E-state index contributed by atoms with van der Waals surface area (Å²) in [6.45, 7) is 2.08. The van der Waals surface area contributed by atoms with Crippen LogP contribution in [0.3, 0.4) is 0 Å². The van der Waals surface area contributed by atoms with Crippen molar-refractivity contribution in [3.05, 3.63) is 69.8 Å². The van der Waals surface area contributed by atoms with Crippen molar-refractivity contribution < 1.29 is 10.0 Å². The van der Waals surface area contributed by atoms with E-state index in [4.69, 9.17) is 0 Å². The highest BCUT2D eigenvalue weighted by molar-refractivity contribution is 5.35. The molecule has 0 aromatic heterocycles. The molecule has 98 valence electrons. The van der Waals surface area contributed by atoms with Crippen LogP contribution in [-0.4, -0.2) is 10.0 Å². The fourth-order valence-electron chi connectivity index (χ4n) is 2.03. The molecule has 0 saturated heterocycles. The lowest BCUT2D eigenvalue weighted by atomic mass is 9.93. The Morgan fingerprint density at radius 1 is 1.11 bits per heavy atom. The predicted molar refractivity (Wildman–Crippen MR) is 73.3 cm³/mol. The highest BCUT2D eigenvalue weighted by atomic mass is 16.6. The Morgan fingerprint density at radius 2 is 1.68 bits per heavy atom. The van der Waals surface area contributed by atoms with Gasteiger partial charge in [-0.25, -0.2) is 0 Å². The molecule has 0 heterocycles. The number of non-ortho nitro benzene ring substituents is 1. The highest BCUT2D eigenvalue weighted by Crippen LogP contribution is 2.23. The average Bonchev–Trinajstić information content (AvgIpc) is 2.41. The summed E-state index contributed by atoms with van der Waals surface area (Å²) in [5, 5.41) is 19.8. The van der Waals surface area contributed by atoms with E-state index in [2.05, 4.69) is 6.92 Å². The standard InChI is InChI=1S/C15H15NO3/c1-11(10-12-2-8-15(17)9-3-12)13-4-6-14(7-5-13)16(18)19/h2-9,11,17H,10H2,1H3. The van der Waals surface area contributed by atoms with Crippen LogP contribution in [0, 0.1) is 10.1 Å². The van der Waals surface area contributed by atoms with Gasteiger partial charge in [-0.15, -0.1) is 0 Å². The number of nitro groups is 1. The molecule has 0 radical (unpaired) electrons. The van der Waals surface area contributed by atoms with Crippen molar-refractivity contribution in [1.82, 2.24) is 0 Å². The van der Waals surface area contributed by atoms with Gasteiger partial charge >= 0.3 is 0 Å². The number of phenolic OH excluding ortho intramolecular Hbond substituents is 1. The SMILES string of the molecule is CC(Cc1ccc(O)cc1)c1ccc([N+](=O)[O-])cc1. The number of nitro benzene ring substituents is 1. The maximum Gasteiger partial charge on any atom is 0.269 e. The zero-order valence-corrected chi connectivity index (χ0v) is 10.6. The molecule has 0 aliphatic heterocycles. The summed E-state index contributed by atoms with van der Waals surface area (Å²) >= 11 is 0. The molecule has 0 fully saturated rings. The molecule has 4 nitrogen and oxygen atoms in total. The topological polar surface area (TPSA) is 63.4 Å². The molecule has 0 bridgehead atoms. The van der Waals surface area contributed by atoms with E-state index >= 15 is 0 Å². The number of hydrogen-bond donors (Lipinski definition) is 1. The molecule has 2 aromatic rings. The quantitative estimate of drug-likeness (QED) is 0.671. The first-order valence-electron chi connectivity index (χ1n) is 6.08. The largest absolute Gasteiger partial charge is 0.508 e. The van der Waals surface area contributed by atoms with Crippen LogP contribution >= 0.6 is 0 Å². The zero-order valence-electron chi connectivity index (χ0n) is 10.6. The Kier molecular flexibility index (Phi) is 3.80. The Bertz CT molecular complexity index is 561. The smallest absolute Gasteiger partial charge is 0.269 e. The molecular formula is C15H15NO3. The summed E-state index contributed by atoms with van der Waals surface area (Å²) in [5.74, 6) is 0.525. The van der Waals surface area contributed by atoms with Crippen LogP contribution in [0.25, 0.3) is 0 Å². The van der Waals surface area contributed by atoms with Crippen LogP contribution in [0.5, 0.6) is 5.75 Å².